The van der Waals surface area contributed by atoms with Crippen LogP contribution in [0.5, 0.6) is 5.75 Å². The molecule has 1 N–H and O–H groups in total. The summed E-state index contributed by atoms with van der Waals surface area (Å²) in [5, 5.41) is 13.4. The monoisotopic (exact) mass is 403 g/mol. The molecule has 3 rings (SSSR count). The molecule has 9 nitrogen and oxygen atoms in total. The highest BCUT2D eigenvalue weighted by atomic mass is 19.1. The molecular weight excluding hydrogens is 385 g/mol. The second-order valence-electron chi connectivity index (χ2n) is 6.16. The molecule has 0 unspecified atom stereocenters. The van der Waals surface area contributed by atoms with E-state index in [9.17, 15) is 24.1 Å². The molecule has 10 heteroatoms. The van der Waals surface area contributed by atoms with Gasteiger partial charge in [0.1, 0.15) is 6.61 Å². The smallest absolute Gasteiger partial charge is 0.419 e. The van der Waals surface area contributed by atoms with E-state index in [0.29, 0.717) is 11.9 Å². The zero-order chi connectivity index (χ0) is 20.8. The third kappa shape index (κ3) is 4.98. The molecule has 0 aliphatic carbocycles. The largest absolute Gasteiger partial charge is 0.489 e. The minimum Gasteiger partial charge on any atom is -0.489 e. The first kappa shape index (κ1) is 20.1. The van der Waals surface area contributed by atoms with E-state index in [-0.39, 0.29) is 49.0 Å². The Labute approximate surface area is 163 Å². The van der Waals surface area contributed by atoms with Gasteiger partial charge in [-0.05, 0) is 24.6 Å². The van der Waals surface area contributed by atoms with Crippen molar-refractivity contribution in [3.63, 3.8) is 0 Å². The lowest BCUT2D eigenvalue weighted by Gasteiger charge is -2.08. The number of benzene rings is 2. The lowest BCUT2D eigenvalue weighted by molar-refractivity contribution is -0.384. The maximum Gasteiger partial charge on any atom is 0.419 e. The summed E-state index contributed by atoms with van der Waals surface area (Å²) in [5.41, 5.74) is 0.383. The number of nitro groups is 1. The maximum absolute atomic E-state index is 13.4. The number of amides is 1. The number of nitrogens with zero attached hydrogens (tertiary/aromatic N) is 2. The van der Waals surface area contributed by atoms with Gasteiger partial charge in [-0.25, -0.2) is 9.18 Å². The minimum atomic E-state index is -0.640. The van der Waals surface area contributed by atoms with Gasteiger partial charge >= 0.3 is 5.76 Å². The normalized spacial score (nSPS) is 10.8. The Morgan fingerprint density at radius 1 is 1.28 bits per heavy atom. The van der Waals surface area contributed by atoms with Gasteiger partial charge in [0.2, 0.25) is 5.91 Å². The molecule has 152 valence electrons. The van der Waals surface area contributed by atoms with Crippen molar-refractivity contribution >= 4 is 22.7 Å². The van der Waals surface area contributed by atoms with Crippen LogP contribution in [-0.2, 0) is 11.3 Å². The van der Waals surface area contributed by atoms with Crippen molar-refractivity contribution in [2.75, 3.05) is 13.2 Å². The number of fused-ring (bicyclic) bond motifs is 1. The Kier molecular flexibility index (Phi) is 6.22. The lowest BCUT2D eigenvalue weighted by Crippen LogP contribution is -2.28. The molecule has 0 bridgehead atoms. The highest BCUT2D eigenvalue weighted by Crippen LogP contribution is 2.20. The van der Waals surface area contributed by atoms with E-state index in [0.717, 1.165) is 0 Å². The summed E-state index contributed by atoms with van der Waals surface area (Å²) < 4.78 is 25.0. The molecule has 1 amide bonds. The third-order valence-electron chi connectivity index (χ3n) is 4.17. The van der Waals surface area contributed by atoms with Crippen LogP contribution < -0.4 is 15.8 Å². The fraction of sp³-hybridized carbons (Fsp3) is 0.263. The Morgan fingerprint density at radius 3 is 2.83 bits per heavy atom. The van der Waals surface area contributed by atoms with Crippen LogP contribution in [0.4, 0.5) is 10.1 Å². The van der Waals surface area contributed by atoms with Crippen molar-refractivity contribution in [1.29, 1.82) is 0 Å². The van der Waals surface area contributed by atoms with Crippen molar-refractivity contribution in [3.8, 4) is 5.75 Å². The summed E-state index contributed by atoms with van der Waals surface area (Å²) in [4.78, 5) is 34.1. The maximum atomic E-state index is 13.4. The van der Waals surface area contributed by atoms with Crippen LogP contribution >= 0.6 is 0 Å². The van der Waals surface area contributed by atoms with Gasteiger partial charge in [-0.15, -0.1) is 0 Å². The second-order valence-corrected chi connectivity index (χ2v) is 6.16. The van der Waals surface area contributed by atoms with Crippen LogP contribution in [-0.4, -0.2) is 28.5 Å². The topological polar surface area (TPSA) is 117 Å². The van der Waals surface area contributed by atoms with Gasteiger partial charge in [0.05, 0.1) is 23.1 Å². The first-order chi connectivity index (χ1) is 14.0. The Hall–Kier alpha value is -3.69. The van der Waals surface area contributed by atoms with E-state index in [4.69, 9.17) is 9.15 Å². The summed E-state index contributed by atoms with van der Waals surface area (Å²) >= 11 is 0. The van der Waals surface area contributed by atoms with E-state index >= 15 is 0 Å². The number of carbonyl (C=O) groups excluding carboxylic acids is 1. The molecule has 0 atom stereocenters. The molecule has 0 fully saturated rings. The van der Waals surface area contributed by atoms with Gasteiger partial charge in [0.25, 0.3) is 5.69 Å². The van der Waals surface area contributed by atoms with Crippen LogP contribution in [0.1, 0.15) is 12.8 Å². The van der Waals surface area contributed by atoms with Crippen molar-refractivity contribution in [3.05, 3.63) is 68.9 Å². The number of hydrogen-bond acceptors (Lipinski definition) is 6. The SMILES string of the molecule is O=C(CCCn1c(=O)oc2cc([N+](=O)[O-])ccc21)NCCOc1ccccc1F. The summed E-state index contributed by atoms with van der Waals surface area (Å²) in [6.45, 7) is 0.561. The molecule has 0 aliphatic rings. The molecule has 2 aromatic carbocycles. The molecule has 0 aliphatic heterocycles. The molecule has 0 saturated heterocycles. The predicted molar refractivity (Wildman–Crippen MR) is 101 cm³/mol. The first-order valence-electron chi connectivity index (χ1n) is 8.87. The van der Waals surface area contributed by atoms with Crippen molar-refractivity contribution in [1.82, 2.24) is 9.88 Å². The predicted octanol–water partition coefficient (Wildman–Crippen LogP) is 2.62. The zero-order valence-electron chi connectivity index (χ0n) is 15.3. The van der Waals surface area contributed by atoms with E-state index < -0.39 is 16.5 Å². The number of aryl methyl sites for hydroxylation is 1. The highest BCUT2D eigenvalue weighted by molar-refractivity contribution is 5.76. The number of aromatic nitrogens is 1. The van der Waals surface area contributed by atoms with Crippen LogP contribution in [0.2, 0.25) is 0 Å². The van der Waals surface area contributed by atoms with Gasteiger partial charge < -0.3 is 14.5 Å². The standard InChI is InChI=1S/C19H18FN3O6/c20-14-4-1-2-5-16(14)28-11-9-21-18(24)6-3-10-22-15-8-7-13(23(26)27)12-17(15)29-19(22)25/h1-2,4-5,7-8,12H,3,6,9-11H2,(H,21,24). The van der Waals surface area contributed by atoms with Crippen LogP contribution in [0.15, 0.2) is 51.7 Å². The van der Waals surface area contributed by atoms with E-state index in [2.05, 4.69) is 5.32 Å². The molecule has 0 saturated carbocycles. The van der Waals surface area contributed by atoms with Crippen LogP contribution in [0.3, 0.4) is 0 Å². The fourth-order valence-corrected chi connectivity index (χ4v) is 2.78. The van der Waals surface area contributed by atoms with Crippen LogP contribution in [0.25, 0.3) is 11.1 Å². The second kappa shape index (κ2) is 9.00. The molecule has 0 radical (unpaired) electrons. The van der Waals surface area contributed by atoms with Crippen LogP contribution in [0, 0.1) is 15.9 Å². The third-order valence-corrected chi connectivity index (χ3v) is 4.17. The van der Waals surface area contributed by atoms with E-state index in [1.54, 1.807) is 12.1 Å². The number of hydrogen-bond donors (Lipinski definition) is 1. The summed E-state index contributed by atoms with van der Waals surface area (Å²) in [7, 11) is 0. The Morgan fingerprint density at radius 2 is 2.07 bits per heavy atom. The van der Waals surface area contributed by atoms with Gasteiger partial charge in [-0.1, -0.05) is 12.1 Å². The number of nitrogens with one attached hydrogen (secondary N) is 1. The van der Waals surface area contributed by atoms with Gasteiger partial charge in [-0.3, -0.25) is 19.5 Å². The number of halogens is 1. The molecule has 1 aromatic heterocycles. The summed E-state index contributed by atoms with van der Waals surface area (Å²) in [5.74, 6) is -1.23. The number of ether oxygens (including phenoxy) is 1. The molecule has 3 aromatic rings. The molecule has 0 spiro atoms. The van der Waals surface area contributed by atoms with E-state index in [1.165, 1.54) is 34.9 Å². The van der Waals surface area contributed by atoms with Gasteiger partial charge in [-0.2, -0.15) is 0 Å². The van der Waals surface area contributed by atoms with E-state index in [1.807, 2.05) is 0 Å². The Bertz CT molecular complexity index is 1090. The average Bonchev–Trinajstić information content (AvgIpc) is 3.01. The Balaban J connectivity index is 1.45. The number of rotatable bonds is 9. The fourth-order valence-electron chi connectivity index (χ4n) is 2.78. The number of oxazole rings is 1. The number of carbonyl (C=O) groups is 1. The number of para-hydroxylation sites is 1. The summed E-state index contributed by atoms with van der Waals surface area (Å²) in [6, 6.07) is 9.91. The number of non-ortho nitro benzene ring substituents is 1. The number of nitro benzene ring substituents is 1. The minimum absolute atomic E-state index is 0.119. The van der Waals surface area contributed by atoms with Crippen molar-refractivity contribution in [2.45, 2.75) is 19.4 Å². The lowest BCUT2D eigenvalue weighted by atomic mass is 10.2. The average molecular weight is 403 g/mol. The van der Waals surface area contributed by atoms with Crippen molar-refractivity contribution < 1.29 is 23.3 Å². The quantitative estimate of drug-likeness (QED) is 0.333. The first-order valence-corrected chi connectivity index (χ1v) is 8.87. The van der Waals surface area contributed by atoms with Crippen molar-refractivity contribution in [2.24, 2.45) is 0 Å². The molecule has 1 heterocycles. The molecule has 29 heavy (non-hydrogen) atoms. The summed E-state index contributed by atoms with van der Waals surface area (Å²) in [6.07, 6.45) is 0.525. The zero-order valence-corrected chi connectivity index (χ0v) is 15.3. The van der Waals surface area contributed by atoms with Gasteiger partial charge in [0.15, 0.2) is 17.1 Å². The van der Waals surface area contributed by atoms with Gasteiger partial charge in [0, 0.05) is 19.0 Å². The molecular formula is C19H18FN3O6. The highest BCUT2D eigenvalue weighted by Gasteiger charge is 2.14.